The summed E-state index contributed by atoms with van der Waals surface area (Å²) in [5.74, 6) is 0.694. The lowest BCUT2D eigenvalue weighted by Gasteiger charge is -2.28. The third-order valence-corrected chi connectivity index (χ3v) is 3.05. The second kappa shape index (κ2) is 6.33. The molecule has 0 aromatic rings. The molecular weight excluding hydrogens is 220 g/mol. The van der Waals surface area contributed by atoms with Crippen LogP contribution in [0.15, 0.2) is 0 Å². The molecule has 1 heterocycles. The van der Waals surface area contributed by atoms with Gasteiger partial charge < -0.3 is 20.1 Å². The Hall–Kier alpha value is -0.650. The highest BCUT2D eigenvalue weighted by Gasteiger charge is 2.22. The minimum atomic E-state index is -0.0197. The van der Waals surface area contributed by atoms with Gasteiger partial charge in [-0.3, -0.25) is 4.79 Å². The third kappa shape index (κ3) is 5.02. The van der Waals surface area contributed by atoms with Gasteiger partial charge in [0.15, 0.2) is 0 Å². The van der Waals surface area contributed by atoms with Crippen molar-refractivity contribution in [3.8, 4) is 0 Å². The molecule has 0 aromatic carbocycles. The summed E-state index contributed by atoms with van der Waals surface area (Å²) < 4.78 is 11.0. The van der Waals surface area contributed by atoms with E-state index < -0.39 is 0 Å². The zero-order chi connectivity index (χ0) is 12.1. The lowest BCUT2D eigenvalue weighted by atomic mass is 10.2. The minimum absolute atomic E-state index is 0.0197. The Balaban J connectivity index is 1.50. The summed E-state index contributed by atoms with van der Waals surface area (Å²) in [5.41, 5.74) is 0. The van der Waals surface area contributed by atoms with E-state index >= 15 is 0 Å². The van der Waals surface area contributed by atoms with Crippen molar-refractivity contribution in [2.75, 3.05) is 32.8 Å². The van der Waals surface area contributed by atoms with E-state index in [1.165, 1.54) is 12.8 Å². The fourth-order valence-corrected chi connectivity index (χ4v) is 1.88. The summed E-state index contributed by atoms with van der Waals surface area (Å²) in [6.45, 7) is 5.14. The van der Waals surface area contributed by atoms with E-state index in [4.69, 9.17) is 9.47 Å². The Morgan fingerprint density at radius 1 is 1.47 bits per heavy atom. The maximum atomic E-state index is 11.4. The molecule has 0 spiro atoms. The molecule has 2 rings (SSSR count). The van der Waals surface area contributed by atoms with E-state index in [0.29, 0.717) is 12.5 Å². The molecule has 0 bridgehead atoms. The van der Waals surface area contributed by atoms with Gasteiger partial charge in [-0.25, -0.2) is 0 Å². The van der Waals surface area contributed by atoms with Crippen LogP contribution in [0.25, 0.3) is 0 Å². The number of ether oxygens (including phenoxy) is 2. The van der Waals surface area contributed by atoms with E-state index in [2.05, 4.69) is 10.6 Å². The molecular formula is C12H22N2O3. The van der Waals surface area contributed by atoms with E-state index in [0.717, 1.165) is 19.6 Å². The summed E-state index contributed by atoms with van der Waals surface area (Å²) in [6.07, 6.45) is 2.79. The van der Waals surface area contributed by atoms with E-state index in [1.807, 2.05) is 6.92 Å². The Kier molecular flexibility index (Phi) is 4.76. The number of morpholine rings is 1. The van der Waals surface area contributed by atoms with Crippen LogP contribution in [-0.2, 0) is 14.3 Å². The number of amides is 1. The first-order chi connectivity index (χ1) is 8.24. The van der Waals surface area contributed by atoms with Crippen molar-refractivity contribution in [2.45, 2.75) is 32.0 Å². The van der Waals surface area contributed by atoms with Gasteiger partial charge in [-0.05, 0) is 25.7 Å². The summed E-state index contributed by atoms with van der Waals surface area (Å²) in [6, 6.07) is 0. The smallest absolute Gasteiger partial charge is 0.246 e. The molecule has 1 aliphatic carbocycles. The molecule has 1 aliphatic heterocycles. The largest absolute Gasteiger partial charge is 0.370 e. The first-order valence-electron chi connectivity index (χ1n) is 6.44. The Morgan fingerprint density at radius 3 is 3.00 bits per heavy atom. The number of nitrogens with one attached hydrogen (secondary N) is 2. The second-order valence-electron chi connectivity index (χ2n) is 4.99. The van der Waals surface area contributed by atoms with Gasteiger partial charge in [0.05, 0.1) is 18.8 Å². The van der Waals surface area contributed by atoms with Crippen LogP contribution in [0.4, 0.5) is 0 Å². The van der Waals surface area contributed by atoms with Gasteiger partial charge in [0, 0.05) is 19.6 Å². The maximum Gasteiger partial charge on any atom is 0.246 e. The predicted octanol–water partition coefficient (Wildman–Crippen LogP) is -0.0939. The molecule has 0 aromatic heterocycles. The van der Waals surface area contributed by atoms with Crippen molar-refractivity contribution in [3.63, 3.8) is 0 Å². The lowest BCUT2D eigenvalue weighted by Crippen LogP contribution is -2.45. The van der Waals surface area contributed by atoms with Crippen molar-refractivity contribution in [1.82, 2.24) is 10.6 Å². The number of carbonyl (C=O) groups excluding carboxylic acids is 1. The number of hydrogen-bond acceptors (Lipinski definition) is 4. The van der Waals surface area contributed by atoms with Crippen LogP contribution in [-0.4, -0.2) is 51.0 Å². The zero-order valence-corrected chi connectivity index (χ0v) is 10.4. The highest BCUT2D eigenvalue weighted by molar-refractivity contribution is 5.77. The Morgan fingerprint density at radius 2 is 2.29 bits per heavy atom. The van der Waals surface area contributed by atoms with Gasteiger partial charge in [0.1, 0.15) is 6.61 Å². The molecule has 1 amide bonds. The molecule has 2 aliphatic rings. The Bertz CT molecular complexity index is 256. The van der Waals surface area contributed by atoms with Crippen LogP contribution in [0.1, 0.15) is 19.8 Å². The van der Waals surface area contributed by atoms with Crippen LogP contribution < -0.4 is 10.6 Å². The van der Waals surface area contributed by atoms with Crippen molar-refractivity contribution >= 4 is 5.91 Å². The Labute approximate surface area is 102 Å². The topological polar surface area (TPSA) is 59.6 Å². The monoisotopic (exact) mass is 242 g/mol. The highest BCUT2D eigenvalue weighted by Crippen LogP contribution is 2.27. The average molecular weight is 242 g/mol. The quantitative estimate of drug-likeness (QED) is 0.683. The third-order valence-electron chi connectivity index (χ3n) is 3.05. The van der Waals surface area contributed by atoms with Crippen molar-refractivity contribution in [2.24, 2.45) is 5.92 Å². The van der Waals surface area contributed by atoms with Crippen molar-refractivity contribution in [3.05, 3.63) is 0 Å². The average Bonchev–Trinajstić information content (AvgIpc) is 3.10. The summed E-state index contributed by atoms with van der Waals surface area (Å²) >= 11 is 0. The first-order valence-corrected chi connectivity index (χ1v) is 6.44. The molecule has 2 N–H and O–H groups in total. The van der Waals surface area contributed by atoms with Crippen LogP contribution in [0, 0.1) is 5.92 Å². The summed E-state index contributed by atoms with van der Waals surface area (Å²) in [7, 11) is 0. The van der Waals surface area contributed by atoms with E-state index in [9.17, 15) is 4.79 Å². The molecule has 2 atom stereocenters. The van der Waals surface area contributed by atoms with Crippen molar-refractivity contribution < 1.29 is 14.3 Å². The van der Waals surface area contributed by atoms with Gasteiger partial charge in [0.2, 0.25) is 5.91 Å². The maximum absolute atomic E-state index is 11.4. The number of rotatable bonds is 6. The van der Waals surface area contributed by atoms with Crippen LogP contribution in [0.5, 0.6) is 0 Å². The fraction of sp³-hybridized carbons (Fsp3) is 0.917. The number of hydrogen-bond donors (Lipinski definition) is 2. The molecule has 5 heteroatoms. The zero-order valence-electron chi connectivity index (χ0n) is 10.4. The second-order valence-corrected chi connectivity index (χ2v) is 4.99. The van der Waals surface area contributed by atoms with Gasteiger partial charge in [-0.15, -0.1) is 0 Å². The summed E-state index contributed by atoms with van der Waals surface area (Å²) in [4.78, 5) is 11.4. The predicted molar refractivity (Wildman–Crippen MR) is 63.8 cm³/mol. The van der Waals surface area contributed by atoms with E-state index in [1.54, 1.807) is 0 Å². The molecule has 2 fully saturated rings. The summed E-state index contributed by atoms with van der Waals surface area (Å²) in [5, 5.41) is 6.14. The van der Waals surface area contributed by atoms with Crippen LogP contribution >= 0.6 is 0 Å². The molecule has 1 saturated carbocycles. The fourth-order valence-electron chi connectivity index (χ4n) is 1.88. The van der Waals surface area contributed by atoms with Gasteiger partial charge in [-0.1, -0.05) is 0 Å². The normalized spacial score (nSPS) is 29.0. The van der Waals surface area contributed by atoms with Gasteiger partial charge in [-0.2, -0.15) is 0 Å². The van der Waals surface area contributed by atoms with Gasteiger partial charge >= 0.3 is 0 Å². The van der Waals surface area contributed by atoms with Crippen LogP contribution in [0.3, 0.4) is 0 Å². The van der Waals surface area contributed by atoms with Gasteiger partial charge in [0.25, 0.3) is 0 Å². The standard InChI is InChI=1S/C12H22N2O3/c1-9-4-13-6-11(17-9)7-16-8-12(15)14-5-10-2-3-10/h9-11,13H,2-8H2,1H3,(H,14,15). The number of carbonyl (C=O) groups is 1. The molecule has 98 valence electrons. The minimum Gasteiger partial charge on any atom is -0.370 e. The SMILES string of the molecule is CC1CNCC(COCC(=O)NCC2CC2)O1. The first kappa shape index (κ1) is 12.8. The van der Waals surface area contributed by atoms with Crippen molar-refractivity contribution in [1.29, 1.82) is 0 Å². The molecule has 0 radical (unpaired) electrons. The highest BCUT2D eigenvalue weighted by atomic mass is 16.5. The molecule has 5 nitrogen and oxygen atoms in total. The molecule has 2 unspecified atom stereocenters. The molecule has 1 saturated heterocycles. The van der Waals surface area contributed by atoms with E-state index in [-0.39, 0.29) is 24.7 Å². The van der Waals surface area contributed by atoms with Crippen LogP contribution in [0.2, 0.25) is 0 Å². The molecule has 17 heavy (non-hydrogen) atoms. The lowest BCUT2D eigenvalue weighted by molar-refractivity contribution is -0.128.